The zero-order chi connectivity index (χ0) is 15.3. The molecule has 0 saturated carbocycles. The topological polar surface area (TPSA) is 136 Å². The molecule has 9 nitrogen and oxygen atoms in total. The molecule has 0 aliphatic carbocycles. The van der Waals surface area contributed by atoms with E-state index in [1.807, 2.05) is 0 Å². The number of hydrogen-bond acceptors (Lipinski definition) is 6. The molecular weight excluding hydrogens is 266 g/mol. The first-order chi connectivity index (χ1) is 9.22. The fourth-order valence-electron chi connectivity index (χ4n) is 1.47. The van der Waals surface area contributed by atoms with Gasteiger partial charge in [-0.25, -0.2) is 0 Å². The lowest BCUT2D eigenvalue weighted by atomic mass is 9.93. The number of nitrogens with two attached hydrogens (primary N) is 1. The van der Waals surface area contributed by atoms with Crippen molar-refractivity contribution in [2.75, 3.05) is 13.1 Å². The molecule has 0 radical (unpaired) electrons. The molecule has 4 N–H and O–H groups in total. The van der Waals surface area contributed by atoms with E-state index < -0.39 is 22.3 Å². The van der Waals surface area contributed by atoms with Crippen molar-refractivity contribution in [3.63, 3.8) is 0 Å². The number of carbonyl (C=O) groups is 1. The van der Waals surface area contributed by atoms with Crippen LogP contribution in [0.1, 0.15) is 13.8 Å². The van der Waals surface area contributed by atoms with Crippen molar-refractivity contribution in [2.24, 2.45) is 11.1 Å². The maximum absolute atomic E-state index is 11.1. The number of nitro groups is 1. The van der Waals surface area contributed by atoms with E-state index in [9.17, 15) is 20.0 Å². The van der Waals surface area contributed by atoms with Crippen molar-refractivity contribution < 1.29 is 14.8 Å². The lowest BCUT2D eigenvalue weighted by Gasteiger charge is -2.21. The summed E-state index contributed by atoms with van der Waals surface area (Å²) in [6, 6.07) is 0. The minimum absolute atomic E-state index is 0.123. The molecule has 1 aromatic heterocycles. The van der Waals surface area contributed by atoms with Crippen LogP contribution in [0.4, 0.5) is 5.69 Å². The van der Waals surface area contributed by atoms with Crippen LogP contribution in [-0.2, 0) is 11.3 Å². The molecule has 1 heterocycles. The average molecular weight is 285 g/mol. The Labute approximate surface area is 115 Å². The number of nitrogens with zero attached hydrogens (tertiary/aromatic N) is 3. The quantitative estimate of drug-likeness (QED) is 0.425. The molecule has 0 bridgehead atoms. The van der Waals surface area contributed by atoms with Gasteiger partial charge in [0.2, 0.25) is 5.91 Å². The summed E-state index contributed by atoms with van der Waals surface area (Å²) in [6.45, 7) is 4.08. The number of primary amides is 1. The Hall–Kier alpha value is -2.00. The lowest BCUT2D eigenvalue weighted by molar-refractivity contribution is -0.385. The summed E-state index contributed by atoms with van der Waals surface area (Å²) >= 11 is 0. The van der Waals surface area contributed by atoms with Crippen LogP contribution >= 0.6 is 0 Å². The van der Waals surface area contributed by atoms with Crippen LogP contribution in [0.15, 0.2) is 12.4 Å². The third kappa shape index (κ3) is 4.59. The first-order valence-electron chi connectivity index (χ1n) is 6.08. The molecule has 9 heteroatoms. The maximum Gasteiger partial charge on any atom is 0.306 e. The molecule has 0 aliphatic heterocycles. The van der Waals surface area contributed by atoms with E-state index in [2.05, 4.69) is 10.4 Å². The van der Waals surface area contributed by atoms with Gasteiger partial charge in [-0.1, -0.05) is 0 Å². The summed E-state index contributed by atoms with van der Waals surface area (Å²) < 4.78 is 1.30. The Balaban J connectivity index is 2.38. The minimum Gasteiger partial charge on any atom is -0.390 e. The number of aromatic nitrogens is 2. The van der Waals surface area contributed by atoms with Gasteiger partial charge in [-0.15, -0.1) is 0 Å². The number of hydrogen-bond donors (Lipinski definition) is 3. The third-order valence-corrected chi connectivity index (χ3v) is 2.84. The van der Waals surface area contributed by atoms with E-state index in [1.54, 1.807) is 13.8 Å². The van der Waals surface area contributed by atoms with E-state index in [1.165, 1.54) is 10.9 Å². The molecule has 20 heavy (non-hydrogen) atoms. The minimum atomic E-state index is -0.779. The fraction of sp³-hybridized carbons (Fsp3) is 0.636. The SMILES string of the molecule is CC(C)(CNCC(O)Cn1cc([N+](=O)[O-])cn1)C(N)=O. The first kappa shape index (κ1) is 16.1. The van der Waals surface area contributed by atoms with Gasteiger partial charge in [0.15, 0.2) is 0 Å². The number of aliphatic hydroxyl groups excluding tert-OH is 1. The standard InChI is InChI=1S/C11H19N5O4/c1-11(2,10(12)18)7-13-4-9(17)6-15-5-8(3-14-15)16(19)20/h3,5,9,13,17H,4,6-7H2,1-2H3,(H2,12,18). The molecule has 1 aromatic rings. The van der Waals surface area contributed by atoms with Crippen LogP contribution in [-0.4, -0.2) is 44.9 Å². The van der Waals surface area contributed by atoms with Gasteiger partial charge in [0.1, 0.15) is 12.4 Å². The normalized spacial score (nSPS) is 13.2. The summed E-state index contributed by atoms with van der Waals surface area (Å²) in [5.41, 5.74) is 4.39. The Bertz CT molecular complexity index is 485. The van der Waals surface area contributed by atoms with Gasteiger partial charge in [0.05, 0.1) is 23.0 Å². The zero-order valence-electron chi connectivity index (χ0n) is 11.4. The van der Waals surface area contributed by atoms with Crippen LogP contribution in [0, 0.1) is 15.5 Å². The summed E-state index contributed by atoms with van der Waals surface area (Å²) in [5, 5.41) is 27.0. The second-order valence-corrected chi connectivity index (χ2v) is 5.21. The summed E-state index contributed by atoms with van der Waals surface area (Å²) in [6.07, 6.45) is 1.59. The van der Waals surface area contributed by atoms with Crippen LogP contribution in [0.25, 0.3) is 0 Å². The van der Waals surface area contributed by atoms with E-state index in [-0.39, 0.29) is 18.8 Å². The second kappa shape index (κ2) is 6.44. The van der Waals surface area contributed by atoms with Crippen molar-refractivity contribution >= 4 is 11.6 Å². The van der Waals surface area contributed by atoms with Crippen molar-refractivity contribution in [1.29, 1.82) is 0 Å². The van der Waals surface area contributed by atoms with Crippen LogP contribution in [0.2, 0.25) is 0 Å². The third-order valence-electron chi connectivity index (χ3n) is 2.84. The van der Waals surface area contributed by atoms with Gasteiger partial charge in [-0.05, 0) is 13.8 Å². The molecule has 0 aromatic carbocycles. The first-order valence-corrected chi connectivity index (χ1v) is 6.08. The molecule has 112 valence electrons. The van der Waals surface area contributed by atoms with Gasteiger partial charge < -0.3 is 16.2 Å². The van der Waals surface area contributed by atoms with E-state index >= 15 is 0 Å². The summed E-state index contributed by atoms with van der Waals surface area (Å²) in [5.74, 6) is -0.429. The molecular formula is C11H19N5O4. The van der Waals surface area contributed by atoms with Gasteiger partial charge >= 0.3 is 5.69 Å². The Morgan fingerprint density at radius 2 is 2.35 bits per heavy atom. The largest absolute Gasteiger partial charge is 0.390 e. The number of amides is 1. The number of rotatable bonds is 8. The van der Waals surface area contributed by atoms with Crippen molar-refractivity contribution in [2.45, 2.75) is 26.5 Å². The number of carbonyl (C=O) groups excluding carboxylic acids is 1. The highest BCUT2D eigenvalue weighted by Crippen LogP contribution is 2.12. The molecule has 1 unspecified atom stereocenters. The zero-order valence-corrected chi connectivity index (χ0v) is 11.4. The Kier molecular flexibility index (Phi) is 5.17. The highest BCUT2D eigenvalue weighted by Gasteiger charge is 2.24. The predicted octanol–water partition coefficient (Wildman–Crippen LogP) is -0.747. The Morgan fingerprint density at radius 1 is 1.70 bits per heavy atom. The molecule has 0 fully saturated rings. The molecule has 0 spiro atoms. The van der Waals surface area contributed by atoms with Crippen LogP contribution < -0.4 is 11.1 Å². The van der Waals surface area contributed by atoms with Gasteiger partial charge in [-0.2, -0.15) is 5.10 Å². The van der Waals surface area contributed by atoms with Crippen LogP contribution in [0.5, 0.6) is 0 Å². The second-order valence-electron chi connectivity index (χ2n) is 5.21. The van der Waals surface area contributed by atoms with Gasteiger partial charge in [0.25, 0.3) is 0 Å². The highest BCUT2D eigenvalue weighted by molar-refractivity contribution is 5.80. The van der Waals surface area contributed by atoms with E-state index in [0.717, 1.165) is 6.20 Å². The monoisotopic (exact) mass is 285 g/mol. The van der Waals surface area contributed by atoms with Crippen LogP contribution in [0.3, 0.4) is 0 Å². The molecule has 1 atom stereocenters. The maximum atomic E-state index is 11.1. The predicted molar refractivity (Wildman–Crippen MR) is 70.7 cm³/mol. The van der Waals surface area contributed by atoms with Gasteiger partial charge in [0, 0.05) is 13.1 Å². The van der Waals surface area contributed by atoms with Crippen molar-refractivity contribution in [1.82, 2.24) is 15.1 Å². The number of aliphatic hydroxyl groups is 1. The lowest BCUT2D eigenvalue weighted by Crippen LogP contribution is -2.43. The molecule has 1 rings (SSSR count). The fourth-order valence-corrected chi connectivity index (χ4v) is 1.47. The smallest absolute Gasteiger partial charge is 0.306 e. The molecule has 0 saturated heterocycles. The van der Waals surface area contributed by atoms with E-state index in [4.69, 9.17) is 5.73 Å². The Morgan fingerprint density at radius 3 is 2.85 bits per heavy atom. The molecule has 1 amide bonds. The van der Waals surface area contributed by atoms with Crippen molar-refractivity contribution in [3.8, 4) is 0 Å². The van der Waals surface area contributed by atoms with Crippen molar-refractivity contribution in [3.05, 3.63) is 22.5 Å². The summed E-state index contributed by atoms with van der Waals surface area (Å²) in [7, 11) is 0. The van der Waals surface area contributed by atoms with E-state index in [0.29, 0.717) is 6.54 Å². The average Bonchev–Trinajstić information content (AvgIpc) is 2.77. The summed E-state index contributed by atoms with van der Waals surface area (Å²) in [4.78, 5) is 21.0. The van der Waals surface area contributed by atoms with Gasteiger partial charge in [-0.3, -0.25) is 19.6 Å². The highest BCUT2D eigenvalue weighted by atomic mass is 16.6. The molecule has 0 aliphatic rings. The number of nitrogens with one attached hydrogen (secondary N) is 1.